The van der Waals surface area contributed by atoms with Gasteiger partial charge in [0, 0.05) is 5.02 Å². The van der Waals surface area contributed by atoms with E-state index in [1.165, 1.54) is 0 Å². The van der Waals surface area contributed by atoms with Gasteiger partial charge < -0.3 is 9.47 Å². The van der Waals surface area contributed by atoms with Gasteiger partial charge >= 0.3 is 11.9 Å². The number of hydrogen-bond donors (Lipinski definition) is 0. The lowest BCUT2D eigenvalue weighted by molar-refractivity contribution is -0.165. The van der Waals surface area contributed by atoms with E-state index in [2.05, 4.69) is 4.90 Å². The largest absolute Gasteiger partial charge is 0.465 e. The topological polar surface area (TPSA) is 55.8 Å². The third-order valence-corrected chi connectivity index (χ3v) is 4.64. The van der Waals surface area contributed by atoms with Crippen LogP contribution >= 0.6 is 11.6 Å². The Kier molecular flexibility index (Phi) is 7.72. The molecule has 0 N–H and O–H groups in total. The third kappa shape index (κ3) is 5.19. The Morgan fingerprint density at radius 1 is 1.00 bits per heavy atom. The predicted molar refractivity (Wildman–Crippen MR) is 96.4 cm³/mol. The number of halogens is 1. The summed E-state index contributed by atoms with van der Waals surface area (Å²) in [6.45, 7) is 5.59. The van der Waals surface area contributed by atoms with Crippen LogP contribution in [0.5, 0.6) is 0 Å². The smallest absolute Gasteiger partial charge is 0.322 e. The van der Waals surface area contributed by atoms with Gasteiger partial charge in [0.05, 0.1) is 19.3 Å². The van der Waals surface area contributed by atoms with Crippen molar-refractivity contribution in [2.24, 2.45) is 5.92 Å². The fraction of sp³-hybridized carbons (Fsp3) is 0.579. The fourth-order valence-electron chi connectivity index (χ4n) is 3.29. The minimum Gasteiger partial charge on any atom is -0.465 e. The maximum Gasteiger partial charge on any atom is 0.322 e. The van der Waals surface area contributed by atoms with Gasteiger partial charge in [0.2, 0.25) is 0 Å². The first-order valence-corrected chi connectivity index (χ1v) is 9.29. The van der Waals surface area contributed by atoms with E-state index in [4.69, 9.17) is 21.1 Å². The summed E-state index contributed by atoms with van der Waals surface area (Å²) in [5.41, 5.74) is 0.873. The van der Waals surface area contributed by atoms with Crippen molar-refractivity contribution in [3.63, 3.8) is 0 Å². The number of hydrogen-bond acceptors (Lipinski definition) is 5. The van der Waals surface area contributed by atoms with Crippen LogP contribution in [-0.2, 0) is 19.1 Å². The molecule has 1 atom stereocenters. The van der Waals surface area contributed by atoms with Crippen LogP contribution in [0.15, 0.2) is 24.3 Å². The highest BCUT2D eigenvalue weighted by Gasteiger charge is 2.41. The van der Waals surface area contributed by atoms with E-state index in [0.717, 1.165) is 37.9 Å². The summed E-state index contributed by atoms with van der Waals surface area (Å²) >= 11 is 6.01. The van der Waals surface area contributed by atoms with E-state index in [0.29, 0.717) is 5.02 Å². The molecule has 1 aromatic carbocycles. The number of carbonyl (C=O) groups excluding carboxylic acids is 2. The minimum atomic E-state index is -1.00. The van der Waals surface area contributed by atoms with E-state index in [1.807, 2.05) is 12.1 Å². The van der Waals surface area contributed by atoms with Crippen LogP contribution in [0.25, 0.3) is 0 Å². The number of rotatable bonds is 7. The number of carbonyl (C=O) groups is 2. The Hall–Kier alpha value is -1.59. The minimum absolute atomic E-state index is 0.224. The van der Waals surface area contributed by atoms with Crippen LogP contribution in [-0.4, -0.2) is 43.1 Å². The molecule has 0 aliphatic carbocycles. The summed E-state index contributed by atoms with van der Waals surface area (Å²) in [5, 5.41) is 0.616. The zero-order valence-electron chi connectivity index (χ0n) is 14.9. The lowest BCUT2D eigenvalue weighted by atomic mass is 9.89. The van der Waals surface area contributed by atoms with Crippen LogP contribution in [0.3, 0.4) is 0 Å². The van der Waals surface area contributed by atoms with Crippen molar-refractivity contribution in [1.29, 1.82) is 0 Å². The van der Waals surface area contributed by atoms with E-state index >= 15 is 0 Å². The number of piperidine rings is 1. The predicted octanol–water partition coefficient (Wildman–Crippen LogP) is 3.61. The molecule has 5 nitrogen and oxygen atoms in total. The molecule has 0 radical (unpaired) electrons. The molecule has 6 heteroatoms. The van der Waals surface area contributed by atoms with Crippen LogP contribution in [0.2, 0.25) is 5.02 Å². The molecule has 0 spiro atoms. The Morgan fingerprint density at radius 3 is 2.00 bits per heavy atom. The molecule has 2 rings (SSSR count). The summed E-state index contributed by atoms with van der Waals surface area (Å²) in [7, 11) is 0. The molecular weight excluding hydrogens is 342 g/mol. The maximum atomic E-state index is 12.6. The van der Waals surface area contributed by atoms with E-state index < -0.39 is 23.9 Å². The average molecular weight is 368 g/mol. The Morgan fingerprint density at radius 2 is 1.52 bits per heavy atom. The Bertz CT molecular complexity index is 551. The quantitative estimate of drug-likeness (QED) is 0.544. The van der Waals surface area contributed by atoms with Gasteiger partial charge in [-0.05, 0) is 57.5 Å². The van der Waals surface area contributed by atoms with Gasteiger partial charge in [-0.25, -0.2) is 0 Å². The second-order valence-electron chi connectivity index (χ2n) is 6.07. The molecule has 1 saturated heterocycles. The van der Waals surface area contributed by atoms with Crippen molar-refractivity contribution in [2.75, 3.05) is 26.3 Å². The zero-order valence-corrected chi connectivity index (χ0v) is 15.6. The van der Waals surface area contributed by atoms with E-state index in [9.17, 15) is 9.59 Å². The van der Waals surface area contributed by atoms with Crippen LogP contribution in [0.4, 0.5) is 0 Å². The summed E-state index contributed by atoms with van der Waals surface area (Å²) in [6, 6.07) is 6.89. The molecule has 138 valence electrons. The Balaban J connectivity index is 2.41. The van der Waals surface area contributed by atoms with E-state index in [1.54, 1.807) is 26.0 Å². The lowest BCUT2D eigenvalue weighted by Crippen LogP contribution is -2.44. The molecule has 0 aromatic heterocycles. The van der Waals surface area contributed by atoms with E-state index in [-0.39, 0.29) is 13.2 Å². The van der Waals surface area contributed by atoms with Crippen molar-refractivity contribution in [2.45, 2.75) is 39.2 Å². The second-order valence-corrected chi connectivity index (χ2v) is 6.51. The lowest BCUT2D eigenvalue weighted by Gasteiger charge is -2.37. The SMILES string of the molecule is CCOC(=O)C(C(=O)OCC)[C@@H](c1ccc(Cl)cc1)N1CCCCC1. The molecule has 1 aliphatic heterocycles. The van der Waals surface area contributed by atoms with Crippen LogP contribution in [0, 0.1) is 5.92 Å². The van der Waals surface area contributed by atoms with Gasteiger partial charge in [-0.15, -0.1) is 0 Å². The molecule has 1 aromatic rings. The number of benzene rings is 1. The normalized spacial score (nSPS) is 16.5. The number of esters is 2. The molecule has 0 unspecified atom stereocenters. The van der Waals surface area contributed by atoms with Gasteiger partial charge in [0.25, 0.3) is 0 Å². The molecule has 0 amide bonds. The highest BCUT2D eigenvalue weighted by molar-refractivity contribution is 6.30. The van der Waals surface area contributed by atoms with Gasteiger partial charge in [0.15, 0.2) is 5.92 Å². The van der Waals surface area contributed by atoms with Crippen LogP contribution < -0.4 is 0 Å². The summed E-state index contributed by atoms with van der Waals surface area (Å²) in [5.74, 6) is -2.07. The molecular formula is C19H26ClNO4. The van der Waals surface area contributed by atoms with Crippen LogP contribution in [0.1, 0.15) is 44.7 Å². The molecule has 1 heterocycles. The number of ether oxygens (including phenoxy) is 2. The monoisotopic (exact) mass is 367 g/mol. The molecule has 1 aliphatic rings. The molecule has 25 heavy (non-hydrogen) atoms. The summed E-state index contributed by atoms with van der Waals surface area (Å²) < 4.78 is 10.4. The second kappa shape index (κ2) is 9.78. The fourth-order valence-corrected chi connectivity index (χ4v) is 3.41. The van der Waals surface area contributed by atoms with Crippen molar-refractivity contribution in [3.05, 3.63) is 34.9 Å². The molecule has 1 fully saturated rings. The Labute approximate surface area is 154 Å². The summed E-state index contributed by atoms with van der Waals surface area (Å²) in [4.78, 5) is 27.4. The number of nitrogens with zero attached hydrogens (tertiary/aromatic N) is 1. The number of likely N-dealkylation sites (tertiary alicyclic amines) is 1. The van der Waals surface area contributed by atoms with Crippen molar-refractivity contribution in [3.8, 4) is 0 Å². The highest BCUT2D eigenvalue weighted by Crippen LogP contribution is 2.33. The van der Waals surface area contributed by atoms with Gasteiger partial charge in [-0.1, -0.05) is 30.2 Å². The van der Waals surface area contributed by atoms with Crippen molar-refractivity contribution in [1.82, 2.24) is 4.90 Å². The first kappa shape index (κ1) is 19.7. The van der Waals surface area contributed by atoms with Crippen molar-refractivity contribution < 1.29 is 19.1 Å². The van der Waals surface area contributed by atoms with Crippen molar-refractivity contribution >= 4 is 23.5 Å². The van der Waals surface area contributed by atoms with Gasteiger partial charge in [-0.2, -0.15) is 0 Å². The standard InChI is InChI=1S/C19H26ClNO4/c1-3-24-18(22)16(19(23)25-4-2)17(21-12-6-5-7-13-21)14-8-10-15(20)11-9-14/h8-11,16-17H,3-7,12-13H2,1-2H3/t17-/m1/s1. The maximum absolute atomic E-state index is 12.6. The zero-order chi connectivity index (χ0) is 18.2. The highest BCUT2D eigenvalue weighted by atomic mass is 35.5. The molecule has 0 bridgehead atoms. The first-order valence-electron chi connectivity index (χ1n) is 8.91. The van der Waals surface area contributed by atoms with Gasteiger partial charge in [0.1, 0.15) is 0 Å². The average Bonchev–Trinajstić information content (AvgIpc) is 2.61. The summed E-state index contributed by atoms with van der Waals surface area (Å²) in [6.07, 6.45) is 3.25. The molecule has 0 saturated carbocycles. The first-order chi connectivity index (χ1) is 12.1. The third-order valence-electron chi connectivity index (χ3n) is 4.39. The van der Waals surface area contributed by atoms with Gasteiger partial charge in [-0.3, -0.25) is 14.5 Å².